The van der Waals surface area contributed by atoms with Crippen molar-refractivity contribution in [3.05, 3.63) is 87.7 Å². The summed E-state index contributed by atoms with van der Waals surface area (Å²) in [6.45, 7) is 3.51. The Kier molecular flexibility index (Phi) is 6.23. The summed E-state index contributed by atoms with van der Waals surface area (Å²) >= 11 is 0. The van der Waals surface area contributed by atoms with Crippen molar-refractivity contribution in [2.24, 2.45) is 7.05 Å². The third-order valence-corrected chi connectivity index (χ3v) is 6.19. The zero-order chi connectivity index (χ0) is 22.8. The molecule has 0 spiro atoms. The van der Waals surface area contributed by atoms with Crippen molar-refractivity contribution in [3.63, 3.8) is 0 Å². The molecule has 5 nitrogen and oxygen atoms in total. The third-order valence-electron chi connectivity index (χ3n) is 5.45. The molecule has 1 N–H and O–H groups in total. The van der Waals surface area contributed by atoms with E-state index in [2.05, 4.69) is 11.3 Å². The summed E-state index contributed by atoms with van der Waals surface area (Å²) in [6, 6.07) is 8.12. The highest BCUT2D eigenvalue weighted by atomic mass is 32.2. The number of nitrogens with zero attached hydrogens (tertiary/aromatic N) is 1. The SMILES string of the molecule is C=CS(=O)Nc1ccc(Oc2ccc(F)cc2F)c(-c2cn(C)c(=O)c3c2CCCC3)c1. The average Bonchev–Trinajstić information content (AvgIpc) is 2.79. The van der Waals surface area contributed by atoms with Crippen molar-refractivity contribution in [1.29, 1.82) is 0 Å². The first kappa shape index (κ1) is 22.0. The molecule has 1 heterocycles. The minimum Gasteiger partial charge on any atom is -0.454 e. The van der Waals surface area contributed by atoms with Crippen LogP contribution in [0.4, 0.5) is 14.5 Å². The van der Waals surface area contributed by atoms with E-state index in [4.69, 9.17) is 4.74 Å². The van der Waals surface area contributed by atoms with Gasteiger partial charge in [0.05, 0.1) is 0 Å². The highest BCUT2D eigenvalue weighted by molar-refractivity contribution is 7.89. The molecule has 4 rings (SSSR count). The summed E-state index contributed by atoms with van der Waals surface area (Å²) in [5.41, 5.74) is 3.61. The second-order valence-corrected chi connectivity index (χ2v) is 8.71. The molecular formula is C24H22F2N2O3S. The molecule has 0 bridgehead atoms. The van der Waals surface area contributed by atoms with Gasteiger partial charge in [0.2, 0.25) is 0 Å². The summed E-state index contributed by atoms with van der Waals surface area (Å²) in [5.74, 6) is -1.32. The number of rotatable bonds is 6. The number of anilines is 1. The van der Waals surface area contributed by atoms with Crippen LogP contribution < -0.4 is 15.0 Å². The molecule has 1 aliphatic carbocycles. The quantitative estimate of drug-likeness (QED) is 0.553. The van der Waals surface area contributed by atoms with Gasteiger partial charge in [0, 0.05) is 47.1 Å². The zero-order valence-corrected chi connectivity index (χ0v) is 18.3. The Balaban J connectivity index is 1.89. The Morgan fingerprint density at radius 1 is 1.06 bits per heavy atom. The van der Waals surface area contributed by atoms with E-state index in [1.807, 2.05) is 0 Å². The van der Waals surface area contributed by atoms with Crippen LogP contribution in [0.2, 0.25) is 0 Å². The second-order valence-electron chi connectivity index (χ2n) is 7.58. The predicted molar refractivity (Wildman–Crippen MR) is 122 cm³/mol. The minimum absolute atomic E-state index is 0.0301. The first-order valence-electron chi connectivity index (χ1n) is 10.2. The van der Waals surface area contributed by atoms with E-state index < -0.39 is 22.6 Å². The monoisotopic (exact) mass is 456 g/mol. The lowest BCUT2D eigenvalue weighted by atomic mass is 9.87. The van der Waals surface area contributed by atoms with E-state index >= 15 is 0 Å². The molecule has 0 aliphatic heterocycles. The van der Waals surface area contributed by atoms with Crippen LogP contribution in [0.1, 0.15) is 24.0 Å². The molecule has 3 aromatic rings. The molecule has 1 unspecified atom stereocenters. The maximum atomic E-state index is 14.3. The number of aryl methyl sites for hydroxylation is 1. The number of nitrogens with one attached hydrogen (secondary N) is 1. The molecule has 2 aromatic carbocycles. The van der Waals surface area contributed by atoms with Gasteiger partial charge >= 0.3 is 0 Å². The van der Waals surface area contributed by atoms with E-state index in [0.29, 0.717) is 23.4 Å². The van der Waals surface area contributed by atoms with E-state index in [1.54, 1.807) is 31.4 Å². The molecule has 1 aliphatic rings. The fourth-order valence-electron chi connectivity index (χ4n) is 3.94. The fourth-order valence-corrected chi connectivity index (χ4v) is 4.38. The number of fused-ring (bicyclic) bond motifs is 1. The van der Waals surface area contributed by atoms with Crippen molar-refractivity contribution in [3.8, 4) is 22.6 Å². The first-order chi connectivity index (χ1) is 15.4. The van der Waals surface area contributed by atoms with Crippen molar-refractivity contribution in [1.82, 2.24) is 4.57 Å². The third kappa shape index (κ3) is 4.36. The Hall–Kier alpha value is -3.26. The molecular weight excluding hydrogens is 434 g/mol. The molecule has 0 saturated carbocycles. The van der Waals surface area contributed by atoms with Gasteiger partial charge in [-0.2, -0.15) is 0 Å². The topological polar surface area (TPSA) is 60.3 Å². The molecule has 0 radical (unpaired) electrons. The zero-order valence-electron chi connectivity index (χ0n) is 17.5. The number of hydrogen-bond donors (Lipinski definition) is 1. The summed E-state index contributed by atoms with van der Waals surface area (Å²) in [5, 5.41) is 1.27. The van der Waals surface area contributed by atoms with Gasteiger partial charge in [-0.05, 0) is 61.6 Å². The Morgan fingerprint density at radius 2 is 1.78 bits per heavy atom. The smallest absolute Gasteiger partial charge is 0.253 e. The molecule has 166 valence electrons. The van der Waals surface area contributed by atoms with Crippen LogP contribution in [-0.2, 0) is 30.9 Å². The van der Waals surface area contributed by atoms with Crippen LogP contribution in [0.5, 0.6) is 11.5 Å². The molecule has 0 amide bonds. The number of pyridine rings is 1. The van der Waals surface area contributed by atoms with Gasteiger partial charge in [-0.25, -0.2) is 13.0 Å². The number of ether oxygens (including phenoxy) is 1. The molecule has 8 heteroatoms. The van der Waals surface area contributed by atoms with Gasteiger partial charge in [0.15, 0.2) is 11.6 Å². The van der Waals surface area contributed by atoms with Gasteiger partial charge in [-0.15, -0.1) is 0 Å². The standard InChI is InChI=1S/C24H22F2N2O3S/c1-3-32(30)27-16-9-11-22(31-23-10-8-15(25)12-21(23)26)19(13-16)20-14-28(2)24(29)18-7-5-4-6-17(18)20/h3,8-14,27H,1,4-7H2,2H3. The summed E-state index contributed by atoms with van der Waals surface area (Å²) < 4.78 is 49.8. The predicted octanol–water partition coefficient (Wildman–Crippen LogP) is 5.22. The Labute approximate surface area is 187 Å². The maximum absolute atomic E-state index is 14.3. The first-order valence-corrected chi connectivity index (χ1v) is 11.4. The Bertz CT molecular complexity index is 1290. The average molecular weight is 457 g/mol. The minimum atomic E-state index is -1.49. The highest BCUT2D eigenvalue weighted by Crippen LogP contribution is 2.39. The lowest BCUT2D eigenvalue weighted by Crippen LogP contribution is -2.25. The number of hydrogen-bond acceptors (Lipinski definition) is 3. The van der Waals surface area contributed by atoms with E-state index in [0.717, 1.165) is 48.1 Å². The summed E-state index contributed by atoms with van der Waals surface area (Å²) in [4.78, 5) is 12.7. The van der Waals surface area contributed by atoms with E-state index in [1.165, 1.54) is 16.0 Å². The summed E-state index contributed by atoms with van der Waals surface area (Å²) in [7, 11) is 0.203. The van der Waals surface area contributed by atoms with Crippen molar-refractivity contribution >= 4 is 16.7 Å². The molecule has 32 heavy (non-hydrogen) atoms. The van der Waals surface area contributed by atoms with Crippen molar-refractivity contribution in [2.45, 2.75) is 25.7 Å². The van der Waals surface area contributed by atoms with Crippen LogP contribution in [0.25, 0.3) is 11.1 Å². The van der Waals surface area contributed by atoms with Crippen LogP contribution in [-0.4, -0.2) is 8.78 Å². The molecule has 1 atom stereocenters. The van der Waals surface area contributed by atoms with Gasteiger partial charge in [-0.3, -0.25) is 4.79 Å². The normalized spacial score (nSPS) is 13.8. The van der Waals surface area contributed by atoms with Gasteiger partial charge in [-0.1, -0.05) is 6.58 Å². The maximum Gasteiger partial charge on any atom is 0.253 e. The van der Waals surface area contributed by atoms with Crippen LogP contribution in [0.15, 0.2) is 59.4 Å². The van der Waals surface area contributed by atoms with Crippen molar-refractivity contribution < 1.29 is 17.7 Å². The molecule has 0 fully saturated rings. The number of benzene rings is 2. The largest absolute Gasteiger partial charge is 0.454 e. The van der Waals surface area contributed by atoms with Crippen LogP contribution >= 0.6 is 0 Å². The molecule has 1 aromatic heterocycles. The van der Waals surface area contributed by atoms with Gasteiger partial charge in [0.25, 0.3) is 5.56 Å². The van der Waals surface area contributed by atoms with Crippen LogP contribution in [0, 0.1) is 11.6 Å². The van der Waals surface area contributed by atoms with Crippen LogP contribution in [0.3, 0.4) is 0 Å². The fraction of sp³-hybridized carbons (Fsp3) is 0.208. The highest BCUT2D eigenvalue weighted by Gasteiger charge is 2.22. The van der Waals surface area contributed by atoms with Gasteiger partial charge in [0.1, 0.15) is 22.6 Å². The van der Waals surface area contributed by atoms with E-state index in [9.17, 15) is 17.8 Å². The number of aromatic nitrogens is 1. The lowest BCUT2D eigenvalue weighted by molar-refractivity contribution is 0.439. The van der Waals surface area contributed by atoms with Gasteiger partial charge < -0.3 is 14.0 Å². The number of halogens is 2. The molecule has 0 saturated heterocycles. The van der Waals surface area contributed by atoms with E-state index in [-0.39, 0.29) is 11.3 Å². The van der Waals surface area contributed by atoms with Crippen molar-refractivity contribution in [2.75, 3.05) is 4.72 Å². The summed E-state index contributed by atoms with van der Waals surface area (Å²) in [6.07, 6.45) is 5.06. The second kappa shape index (κ2) is 9.08. The Morgan fingerprint density at radius 3 is 2.50 bits per heavy atom. The lowest BCUT2D eigenvalue weighted by Gasteiger charge is -2.22.